The molecular weight excluding hydrogens is 272 g/mol. The zero-order valence-corrected chi connectivity index (χ0v) is 13.7. The predicted octanol–water partition coefficient (Wildman–Crippen LogP) is 3.51. The summed E-state index contributed by atoms with van der Waals surface area (Å²) in [6.45, 7) is 4.22. The average Bonchev–Trinajstić information content (AvgIpc) is 2.56. The van der Waals surface area contributed by atoms with Crippen LogP contribution in [-0.4, -0.2) is 37.2 Å². The van der Waals surface area contributed by atoms with E-state index in [1.54, 1.807) is 0 Å². The Morgan fingerprint density at radius 2 is 1.86 bits per heavy atom. The van der Waals surface area contributed by atoms with E-state index >= 15 is 0 Å². The molecule has 0 bridgehead atoms. The monoisotopic (exact) mass is 296 g/mol. The lowest BCUT2D eigenvalue weighted by atomic mass is 10.1. The summed E-state index contributed by atoms with van der Waals surface area (Å²) in [6, 6.07) is 8.52. The van der Waals surface area contributed by atoms with Gasteiger partial charge in [0.1, 0.15) is 0 Å². The molecule has 2 aromatic rings. The van der Waals surface area contributed by atoms with E-state index in [4.69, 9.17) is 4.98 Å². The number of hydrogen-bond acceptors (Lipinski definition) is 4. The number of benzene rings is 1. The van der Waals surface area contributed by atoms with E-state index in [-0.39, 0.29) is 0 Å². The minimum absolute atomic E-state index is 0.871. The Labute approximate surface area is 132 Å². The lowest BCUT2D eigenvalue weighted by Crippen LogP contribution is -2.31. The first-order valence-corrected chi connectivity index (χ1v) is 8.01. The summed E-state index contributed by atoms with van der Waals surface area (Å²) >= 11 is 0. The number of rotatable bonds is 3. The molecule has 0 spiro atoms. The van der Waals surface area contributed by atoms with Crippen LogP contribution in [0.1, 0.15) is 24.8 Å². The van der Waals surface area contributed by atoms with Crippen molar-refractivity contribution in [1.29, 1.82) is 0 Å². The van der Waals surface area contributed by atoms with Crippen LogP contribution in [0.15, 0.2) is 30.5 Å². The first-order chi connectivity index (χ1) is 10.6. The zero-order valence-electron chi connectivity index (χ0n) is 13.7. The molecule has 1 aromatic heterocycles. The van der Waals surface area contributed by atoms with E-state index in [0.717, 1.165) is 35.9 Å². The first-order valence-electron chi connectivity index (χ1n) is 8.01. The van der Waals surface area contributed by atoms with E-state index in [1.165, 1.54) is 24.9 Å². The molecule has 3 rings (SSSR count). The molecule has 4 nitrogen and oxygen atoms in total. The highest BCUT2D eigenvalue weighted by molar-refractivity contribution is 5.68. The molecule has 0 aliphatic carbocycles. The molecule has 0 atom stereocenters. The number of aryl methyl sites for hydroxylation is 1. The van der Waals surface area contributed by atoms with Crippen LogP contribution in [-0.2, 0) is 0 Å². The number of aromatic nitrogens is 2. The van der Waals surface area contributed by atoms with Gasteiger partial charge in [-0.2, -0.15) is 0 Å². The smallest absolute Gasteiger partial charge is 0.225 e. The highest BCUT2D eigenvalue weighted by Gasteiger charge is 2.15. The summed E-state index contributed by atoms with van der Waals surface area (Å²) in [5, 5.41) is 0. The maximum absolute atomic E-state index is 4.86. The second kappa shape index (κ2) is 6.34. The van der Waals surface area contributed by atoms with Gasteiger partial charge in [0.15, 0.2) is 0 Å². The molecule has 0 unspecified atom stereocenters. The van der Waals surface area contributed by atoms with Gasteiger partial charge in [-0.15, -0.1) is 0 Å². The predicted molar refractivity (Wildman–Crippen MR) is 92.6 cm³/mol. The standard InChI is InChI=1S/C18H24N4/c1-14-13-19-18(22-10-5-4-6-11-22)20-17(14)15-8-7-9-16(12-15)21(2)3/h7-9,12-13H,4-6,10-11H2,1-3H3. The van der Waals surface area contributed by atoms with Gasteiger partial charge in [0, 0.05) is 44.6 Å². The van der Waals surface area contributed by atoms with Crippen molar-refractivity contribution in [3.63, 3.8) is 0 Å². The third-order valence-electron chi connectivity index (χ3n) is 4.23. The fourth-order valence-corrected chi connectivity index (χ4v) is 2.90. The molecule has 1 aliphatic heterocycles. The van der Waals surface area contributed by atoms with Gasteiger partial charge in [-0.3, -0.25) is 0 Å². The Kier molecular flexibility index (Phi) is 4.27. The van der Waals surface area contributed by atoms with Crippen molar-refractivity contribution in [2.24, 2.45) is 0 Å². The van der Waals surface area contributed by atoms with Gasteiger partial charge in [0.2, 0.25) is 5.95 Å². The second-order valence-corrected chi connectivity index (χ2v) is 6.19. The molecule has 1 aromatic carbocycles. The van der Waals surface area contributed by atoms with Crippen LogP contribution in [0.2, 0.25) is 0 Å². The van der Waals surface area contributed by atoms with Crippen LogP contribution in [0.5, 0.6) is 0 Å². The molecule has 4 heteroatoms. The lowest BCUT2D eigenvalue weighted by molar-refractivity contribution is 0.568. The Morgan fingerprint density at radius 1 is 1.09 bits per heavy atom. The van der Waals surface area contributed by atoms with Crippen molar-refractivity contribution in [3.8, 4) is 11.3 Å². The van der Waals surface area contributed by atoms with Crippen molar-refractivity contribution in [1.82, 2.24) is 9.97 Å². The molecule has 0 radical (unpaired) electrons. The third-order valence-corrected chi connectivity index (χ3v) is 4.23. The molecular formula is C18H24N4. The van der Waals surface area contributed by atoms with Crippen molar-refractivity contribution >= 4 is 11.6 Å². The van der Waals surface area contributed by atoms with Crippen LogP contribution >= 0.6 is 0 Å². The third kappa shape index (κ3) is 3.06. The fourth-order valence-electron chi connectivity index (χ4n) is 2.90. The van der Waals surface area contributed by atoms with Gasteiger partial charge in [-0.1, -0.05) is 12.1 Å². The molecule has 1 fully saturated rings. The van der Waals surface area contributed by atoms with Gasteiger partial charge in [0.25, 0.3) is 0 Å². The van der Waals surface area contributed by atoms with Crippen LogP contribution in [0, 0.1) is 6.92 Å². The summed E-state index contributed by atoms with van der Waals surface area (Å²) < 4.78 is 0. The van der Waals surface area contributed by atoms with Crippen LogP contribution in [0.4, 0.5) is 11.6 Å². The normalized spacial score (nSPS) is 15.0. The summed E-state index contributed by atoms with van der Waals surface area (Å²) in [4.78, 5) is 13.8. The second-order valence-electron chi connectivity index (χ2n) is 6.19. The highest BCUT2D eigenvalue weighted by Crippen LogP contribution is 2.27. The highest BCUT2D eigenvalue weighted by atomic mass is 15.2. The number of piperidine rings is 1. The fraction of sp³-hybridized carbons (Fsp3) is 0.444. The molecule has 2 heterocycles. The van der Waals surface area contributed by atoms with Gasteiger partial charge in [0.05, 0.1) is 5.69 Å². The molecule has 22 heavy (non-hydrogen) atoms. The van der Waals surface area contributed by atoms with Crippen molar-refractivity contribution in [2.45, 2.75) is 26.2 Å². The lowest BCUT2D eigenvalue weighted by Gasteiger charge is -2.27. The van der Waals surface area contributed by atoms with Crippen molar-refractivity contribution in [2.75, 3.05) is 37.0 Å². The topological polar surface area (TPSA) is 32.3 Å². The Morgan fingerprint density at radius 3 is 2.59 bits per heavy atom. The van der Waals surface area contributed by atoms with E-state index < -0.39 is 0 Å². The van der Waals surface area contributed by atoms with Crippen molar-refractivity contribution < 1.29 is 0 Å². The minimum Gasteiger partial charge on any atom is -0.378 e. The van der Waals surface area contributed by atoms with Gasteiger partial charge in [-0.25, -0.2) is 9.97 Å². The molecule has 116 valence electrons. The maximum Gasteiger partial charge on any atom is 0.225 e. The van der Waals surface area contributed by atoms with E-state index in [0.29, 0.717) is 0 Å². The van der Waals surface area contributed by atoms with E-state index in [1.807, 2.05) is 6.20 Å². The Balaban J connectivity index is 1.97. The number of anilines is 2. The summed E-state index contributed by atoms with van der Waals surface area (Å²) in [5.74, 6) is 0.871. The molecule has 0 N–H and O–H groups in total. The van der Waals surface area contributed by atoms with Crippen LogP contribution in [0.3, 0.4) is 0 Å². The zero-order chi connectivity index (χ0) is 15.5. The Bertz CT molecular complexity index is 645. The summed E-state index contributed by atoms with van der Waals surface area (Å²) in [5.41, 5.74) is 4.51. The quantitative estimate of drug-likeness (QED) is 0.867. The van der Waals surface area contributed by atoms with Crippen LogP contribution < -0.4 is 9.80 Å². The maximum atomic E-state index is 4.86. The average molecular weight is 296 g/mol. The number of nitrogens with zero attached hydrogens (tertiary/aromatic N) is 4. The first kappa shape index (κ1) is 14.8. The van der Waals surface area contributed by atoms with E-state index in [9.17, 15) is 0 Å². The Hall–Kier alpha value is -2.10. The van der Waals surface area contributed by atoms with Crippen molar-refractivity contribution in [3.05, 3.63) is 36.0 Å². The largest absolute Gasteiger partial charge is 0.378 e. The SMILES string of the molecule is Cc1cnc(N2CCCCC2)nc1-c1cccc(N(C)C)c1. The molecule has 0 saturated carbocycles. The van der Waals surface area contributed by atoms with Crippen LogP contribution in [0.25, 0.3) is 11.3 Å². The molecule has 1 saturated heterocycles. The minimum atomic E-state index is 0.871. The molecule has 0 amide bonds. The van der Waals surface area contributed by atoms with Gasteiger partial charge < -0.3 is 9.80 Å². The molecule has 1 aliphatic rings. The van der Waals surface area contributed by atoms with E-state index in [2.05, 4.69) is 60.1 Å². The summed E-state index contributed by atoms with van der Waals surface area (Å²) in [7, 11) is 4.12. The van der Waals surface area contributed by atoms with Gasteiger partial charge in [-0.05, 0) is 43.9 Å². The summed E-state index contributed by atoms with van der Waals surface area (Å²) in [6.07, 6.45) is 5.75. The number of hydrogen-bond donors (Lipinski definition) is 0. The van der Waals surface area contributed by atoms with Gasteiger partial charge >= 0.3 is 0 Å².